The van der Waals surface area contributed by atoms with Crippen molar-refractivity contribution >= 4 is 33.1 Å². The molecule has 1 aromatic carbocycles. The van der Waals surface area contributed by atoms with E-state index in [-0.39, 0.29) is 12.4 Å². The van der Waals surface area contributed by atoms with E-state index in [1.807, 2.05) is 42.1 Å². The molecular formula is C17H21NO3S3. The number of benzene rings is 1. The summed E-state index contributed by atoms with van der Waals surface area (Å²) in [4.78, 5) is 1.34. The Morgan fingerprint density at radius 3 is 2.71 bits per heavy atom. The van der Waals surface area contributed by atoms with Crippen LogP contribution in [-0.4, -0.2) is 43.9 Å². The quantitative estimate of drug-likeness (QED) is 0.764. The van der Waals surface area contributed by atoms with Crippen LogP contribution in [0.5, 0.6) is 5.75 Å². The molecule has 1 aliphatic heterocycles. The van der Waals surface area contributed by atoms with Gasteiger partial charge in [0.25, 0.3) is 0 Å². The maximum absolute atomic E-state index is 12.6. The molecule has 1 fully saturated rings. The Morgan fingerprint density at radius 1 is 1.12 bits per heavy atom. The first kappa shape index (κ1) is 17.8. The average Bonchev–Trinajstić information content (AvgIpc) is 2.99. The molecule has 4 nitrogen and oxygen atoms in total. The third-order valence-corrected chi connectivity index (χ3v) is 8.19. The third kappa shape index (κ3) is 4.75. The lowest BCUT2D eigenvalue weighted by molar-refractivity contribution is 0.335. The van der Waals surface area contributed by atoms with Gasteiger partial charge in [0.2, 0.25) is 10.0 Å². The molecule has 130 valence electrons. The molecule has 1 saturated heterocycles. The second-order valence-corrected chi connectivity index (χ2v) is 9.92. The summed E-state index contributed by atoms with van der Waals surface area (Å²) in [5.74, 6) is 1.56. The summed E-state index contributed by atoms with van der Waals surface area (Å²) in [6, 6.07) is 13.5. The highest BCUT2D eigenvalue weighted by atomic mass is 32.2. The first-order valence-corrected chi connectivity index (χ1v) is 11.5. The number of sulfonamides is 1. The van der Waals surface area contributed by atoms with E-state index < -0.39 is 10.0 Å². The van der Waals surface area contributed by atoms with Crippen LogP contribution in [0, 0.1) is 0 Å². The Labute approximate surface area is 151 Å². The van der Waals surface area contributed by atoms with Crippen molar-refractivity contribution in [2.75, 3.05) is 31.2 Å². The van der Waals surface area contributed by atoms with E-state index in [0.717, 1.165) is 12.2 Å². The molecule has 0 radical (unpaired) electrons. The van der Waals surface area contributed by atoms with Gasteiger partial charge < -0.3 is 4.74 Å². The van der Waals surface area contributed by atoms with Gasteiger partial charge in [0.05, 0.1) is 5.75 Å². The highest BCUT2D eigenvalue weighted by molar-refractivity contribution is 7.99. The lowest BCUT2D eigenvalue weighted by atomic mass is 10.2. The molecule has 3 rings (SSSR count). The van der Waals surface area contributed by atoms with Crippen molar-refractivity contribution in [1.29, 1.82) is 0 Å². The van der Waals surface area contributed by atoms with Crippen molar-refractivity contribution in [1.82, 2.24) is 4.31 Å². The fourth-order valence-electron chi connectivity index (χ4n) is 2.64. The van der Waals surface area contributed by atoms with Crippen LogP contribution in [-0.2, 0) is 10.0 Å². The topological polar surface area (TPSA) is 46.6 Å². The van der Waals surface area contributed by atoms with Gasteiger partial charge in [0, 0.05) is 29.0 Å². The van der Waals surface area contributed by atoms with Gasteiger partial charge in [-0.2, -0.15) is 11.8 Å². The number of para-hydroxylation sites is 1. The van der Waals surface area contributed by atoms with E-state index in [4.69, 9.17) is 4.74 Å². The van der Waals surface area contributed by atoms with Crippen molar-refractivity contribution in [2.45, 2.75) is 11.7 Å². The predicted octanol–water partition coefficient (Wildman–Crippen LogP) is 3.64. The molecule has 0 aliphatic carbocycles. The van der Waals surface area contributed by atoms with Crippen LogP contribution in [0.15, 0.2) is 47.8 Å². The monoisotopic (exact) mass is 383 g/mol. The Hall–Kier alpha value is -1.02. The smallest absolute Gasteiger partial charge is 0.217 e. The van der Waals surface area contributed by atoms with Gasteiger partial charge in [0.15, 0.2) is 0 Å². The van der Waals surface area contributed by atoms with E-state index in [1.165, 1.54) is 4.88 Å². The van der Waals surface area contributed by atoms with Gasteiger partial charge in [-0.15, -0.1) is 11.3 Å². The van der Waals surface area contributed by atoms with E-state index >= 15 is 0 Å². The largest absolute Gasteiger partial charge is 0.492 e. The molecule has 1 aliphatic rings. The predicted molar refractivity (Wildman–Crippen MR) is 101 cm³/mol. The molecule has 0 spiro atoms. The van der Waals surface area contributed by atoms with Crippen molar-refractivity contribution in [3.63, 3.8) is 0 Å². The SMILES string of the molecule is O=S(=O)(CCOc1ccccc1)N1CCSC(c2cccs2)CC1. The molecule has 2 aromatic rings. The normalized spacial score (nSPS) is 19.8. The third-order valence-electron chi connectivity index (χ3n) is 3.91. The number of rotatable bonds is 6. The molecule has 0 N–H and O–H groups in total. The van der Waals surface area contributed by atoms with E-state index in [0.29, 0.717) is 24.1 Å². The Morgan fingerprint density at radius 2 is 1.96 bits per heavy atom. The molecule has 0 amide bonds. The van der Waals surface area contributed by atoms with E-state index in [1.54, 1.807) is 15.6 Å². The number of ether oxygens (including phenoxy) is 1. The van der Waals surface area contributed by atoms with Crippen LogP contribution in [0.2, 0.25) is 0 Å². The highest BCUT2D eigenvalue weighted by Gasteiger charge is 2.27. The molecule has 1 atom stereocenters. The van der Waals surface area contributed by atoms with Gasteiger partial charge >= 0.3 is 0 Å². The number of thiophene rings is 1. The molecular weight excluding hydrogens is 362 g/mol. The lowest BCUT2D eigenvalue weighted by Gasteiger charge is -2.20. The second kappa shape index (κ2) is 8.38. The summed E-state index contributed by atoms with van der Waals surface area (Å²) >= 11 is 3.61. The van der Waals surface area contributed by atoms with Gasteiger partial charge in [-0.25, -0.2) is 12.7 Å². The molecule has 24 heavy (non-hydrogen) atoms. The number of nitrogens with zero attached hydrogens (tertiary/aromatic N) is 1. The lowest BCUT2D eigenvalue weighted by Crippen LogP contribution is -2.36. The van der Waals surface area contributed by atoms with Crippen molar-refractivity contribution in [2.24, 2.45) is 0 Å². The minimum Gasteiger partial charge on any atom is -0.492 e. The van der Waals surface area contributed by atoms with Crippen LogP contribution in [0.3, 0.4) is 0 Å². The average molecular weight is 384 g/mol. The van der Waals surface area contributed by atoms with E-state index in [2.05, 4.69) is 17.5 Å². The summed E-state index contributed by atoms with van der Waals surface area (Å²) < 4.78 is 32.3. The van der Waals surface area contributed by atoms with Crippen LogP contribution < -0.4 is 4.74 Å². The first-order chi connectivity index (χ1) is 11.6. The molecule has 7 heteroatoms. The van der Waals surface area contributed by atoms with Crippen LogP contribution in [0.1, 0.15) is 16.5 Å². The maximum Gasteiger partial charge on any atom is 0.217 e. The van der Waals surface area contributed by atoms with Gasteiger partial charge in [-0.1, -0.05) is 24.3 Å². The van der Waals surface area contributed by atoms with Crippen molar-refractivity contribution in [3.8, 4) is 5.75 Å². The van der Waals surface area contributed by atoms with Crippen LogP contribution >= 0.6 is 23.1 Å². The number of hydrogen-bond acceptors (Lipinski definition) is 5. The summed E-state index contributed by atoms with van der Waals surface area (Å²) in [7, 11) is -3.27. The fourth-order valence-corrected chi connectivity index (χ4v) is 6.30. The summed E-state index contributed by atoms with van der Waals surface area (Å²) in [6.45, 7) is 1.35. The minimum absolute atomic E-state index is 0.0240. The first-order valence-electron chi connectivity index (χ1n) is 7.96. The fraction of sp³-hybridized carbons (Fsp3) is 0.412. The van der Waals surface area contributed by atoms with Gasteiger partial charge in [0.1, 0.15) is 12.4 Å². The zero-order valence-corrected chi connectivity index (χ0v) is 15.8. The zero-order valence-electron chi connectivity index (χ0n) is 13.3. The maximum atomic E-state index is 12.6. The molecule has 0 bridgehead atoms. The summed E-state index contributed by atoms with van der Waals surface area (Å²) in [5, 5.41) is 2.49. The summed E-state index contributed by atoms with van der Waals surface area (Å²) in [5.41, 5.74) is 0. The van der Waals surface area contributed by atoms with Crippen molar-refractivity contribution < 1.29 is 13.2 Å². The highest BCUT2D eigenvalue weighted by Crippen LogP contribution is 2.37. The Balaban J connectivity index is 1.52. The van der Waals surface area contributed by atoms with Gasteiger partial charge in [-0.3, -0.25) is 0 Å². The molecule has 2 heterocycles. The number of thioether (sulfide) groups is 1. The Kier molecular flexibility index (Phi) is 6.21. The van der Waals surface area contributed by atoms with E-state index in [9.17, 15) is 8.42 Å². The summed E-state index contributed by atoms with van der Waals surface area (Å²) in [6.07, 6.45) is 0.865. The van der Waals surface area contributed by atoms with Crippen LogP contribution in [0.25, 0.3) is 0 Å². The zero-order chi connectivity index (χ0) is 16.8. The van der Waals surface area contributed by atoms with Gasteiger partial charge in [-0.05, 0) is 30.0 Å². The van der Waals surface area contributed by atoms with Crippen LogP contribution in [0.4, 0.5) is 0 Å². The second-order valence-electron chi connectivity index (χ2n) is 5.54. The molecule has 1 unspecified atom stereocenters. The standard InChI is InChI=1S/C17H21NO3S3/c19-24(20,14-11-21-15-5-2-1-3-6-15)18-9-8-17(23-13-10-18)16-7-4-12-22-16/h1-7,12,17H,8-11,13-14H2. The minimum atomic E-state index is -3.27. The molecule has 0 saturated carbocycles. The van der Waals surface area contributed by atoms with Crippen molar-refractivity contribution in [3.05, 3.63) is 52.7 Å². The molecule has 1 aromatic heterocycles. The Bertz CT molecular complexity index is 717. The number of hydrogen-bond donors (Lipinski definition) is 0.